The summed E-state index contributed by atoms with van der Waals surface area (Å²) in [5.74, 6) is -0.329. The lowest BCUT2D eigenvalue weighted by atomic mass is 9.79. The van der Waals surface area contributed by atoms with Gasteiger partial charge >= 0.3 is 0 Å². The van der Waals surface area contributed by atoms with E-state index in [1.165, 1.54) is 43.9 Å². The van der Waals surface area contributed by atoms with Gasteiger partial charge in [-0.25, -0.2) is 4.99 Å². The van der Waals surface area contributed by atoms with E-state index < -0.39 is 24.0 Å². The van der Waals surface area contributed by atoms with Gasteiger partial charge in [-0.1, -0.05) is 49.2 Å². The number of amides is 1. The van der Waals surface area contributed by atoms with Gasteiger partial charge in [0.1, 0.15) is 6.10 Å². The Morgan fingerprint density at radius 2 is 1.89 bits per heavy atom. The van der Waals surface area contributed by atoms with Gasteiger partial charge in [0, 0.05) is 11.8 Å². The highest BCUT2D eigenvalue weighted by Crippen LogP contribution is 2.45. The smallest absolute Gasteiger partial charge is 0.221 e. The van der Waals surface area contributed by atoms with E-state index in [0.29, 0.717) is 5.92 Å². The van der Waals surface area contributed by atoms with Crippen molar-refractivity contribution >= 4 is 28.5 Å². The van der Waals surface area contributed by atoms with Gasteiger partial charge in [0.25, 0.3) is 0 Å². The van der Waals surface area contributed by atoms with Crippen LogP contribution in [0.2, 0.25) is 0 Å². The molecule has 152 valence electrons. The maximum absolute atomic E-state index is 12.1. The average molecular weight is 404 g/mol. The second-order valence-electron chi connectivity index (χ2n) is 8.26. The Labute approximate surface area is 170 Å². The van der Waals surface area contributed by atoms with Crippen molar-refractivity contribution in [3.05, 3.63) is 30.3 Å². The summed E-state index contributed by atoms with van der Waals surface area (Å²) < 4.78 is 0. The summed E-state index contributed by atoms with van der Waals surface area (Å²) >= 11 is 1.53. The Morgan fingerprint density at radius 3 is 2.57 bits per heavy atom. The van der Waals surface area contributed by atoms with Gasteiger partial charge in [-0.15, -0.1) is 0 Å². The molecule has 0 aromatic heterocycles. The molecule has 5 unspecified atom stereocenters. The summed E-state index contributed by atoms with van der Waals surface area (Å²) in [6, 6.07) is 9.41. The highest BCUT2D eigenvalue weighted by molar-refractivity contribution is 8.14. The molecule has 3 fully saturated rings. The zero-order valence-corrected chi connectivity index (χ0v) is 16.8. The molecule has 5 atom stereocenters. The first-order valence-corrected chi connectivity index (χ1v) is 11.1. The van der Waals surface area contributed by atoms with Crippen molar-refractivity contribution in [2.75, 3.05) is 6.54 Å². The Hall–Kier alpha value is -1.57. The molecule has 2 aliphatic carbocycles. The van der Waals surface area contributed by atoms with E-state index in [0.717, 1.165) is 17.4 Å². The predicted molar refractivity (Wildman–Crippen MR) is 111 cm³/mol. The summed E-state index contributed by atoms with van der Waals surface area (Å²) in [6.07, 6.45) is 4.47. The predicted octanol–water partition coefficient (Wildman–Crippen LogP) is 2.27. The number of aliphatic hydroxyl groups is 2. The van der Waals surface area contributed by atoms with E-state index in [9.17, 15) is 15.0 Å². The standard InChI is InChI=1S/C21H29N3O3S/c22-20(27)15-11-16(25)18(26)17-19(15)28-21(23-14-9-5-2-6-10-14)24(17)12-13-7-3-1-4-8-13/h2,5-6,9-10,13,15-19,25-26H,1,3-4,7-8,11-12H2,(H2,22,27). The van der Waals surface area contributed by atoms with E-state index >= 15 is 0 Å². The SMILES string of the molecule is NC(=O)C1CC(O)C(O)C2C1SC(=Nc1ccccc1)N2CC1CCCCC1. The number of amidine groups is 1. The molecule has 1 saturated heterocycles. The highest BCUT2D eigenvalue weighted by atomic mass is 32.2. The van der Waals surface area contributed by atoms with Crippen LogP contribution in [0.4, 0.5) is 5.69 Å². The first kappa shape index (κ1) is 19.7. The summed E-state index contributed by atoms with van der Waals surface area (Å²) in [4.78, 5) is 19.1. The Kier molecular flexibility index (Phi) is 5.94. The van der Waals surface area contributed by atoms with Gasteiger partial charge in [-0.05, 0) is 37.3 Å². The molecule has 0 radical (unpaired) electrons. The number of nitrogens with two attached hydrogens (primary N) is 1. The van der Waals surface area contributed by atoms with Crippen LogP contribution in [0.25, 0.3) is 0 Å². The maximum Gasteiger partial charge on any atom is 0.221 e. The van der Waals surface area contributed by atoms with Crippen LogP contribution in [0.3, 0.4) is 0 Å². The van der Waals surface area contributed by atoms with Crippen LogP contribution < -0.4 is 5.73 Å². The Morgan fingerprint density at radius 1 is 1.18 bits per heavy atom. The normalized spacial score (nSPS) is 35.1. The number of hydrogen-bond acceptors (Lipinski definition) is 5. The second kappa shape index (κ2) is 8.43. The molecule has 1 aromatic carbocycles. The molecule has 1 aromatic rings. The van der Waals surface area contributed by atoms with E-state index in [1.54, 1.807) is 0 Å². The van der Waals surface area contributed by atoms with Gasteiger partial charge < -0.3 is 20.8 Å². The van der Waals surface area contributed by atoms with Crippen LogP contribution in [-0.2, 0) is 4.79 Å². The topological polar surface area (TPSA) is 99.2 Å². The number of hydrogen-bond donors (Lipinski definition) is 3. The quantitative estimate of drug-likeness (QED) is 0.716. The molecule has 1 aliphatic heterocycles. The lowest BCUT2D eigenvalue weighted by Gasteiger charge is -2.42. The molecule has 2 saturated carbocycles. The number of primary amides is 1. The monoisotopic (exact) mass is 403 g/mol. The zero-order chi connectivity index (χ0) is 19.7. The van der Waals surface area contributed by atoms with Crippen molar-refractivity contribution in [3.63, 3.8) is 0 Å². The van der Waals surface area contributed by atoms with Gasteiger partial charge in [0.15, 0.2) is 5.17 Å². The van der Waals surface area contributed by atoms with Crippen molar-refractivity contribution in [3.8, 4) is 0 Å². The van der Waals surface area contributed by atoms with Crippen molar-refractivity contribution in [1.82, 2.24) is 4.90 Å². The van der Waals surface area contributed by atoms with E-state index in [4.69, 9.17) is 10.7 Å². The van der Waals surface area contributed by atoms with Gasteiger partial charge in [-0.2, -0.15) is 0 Å². The number of carbonyl (C=O) groups is 1. The van der Waals surface area contributed by atoms with Crippen LogP contribution in [0, 0.1) is 11.8 Å². The van der Waals surface area contributed by atoms with E-state index in [-0.39, 0.29) is 17.7 Å². The number of rotatable bonds is 4. The van der Waals surface area contributed by atoms with E-state index in [1.807, 2.05) is 30.3 Å². The fourth-order valence-corrected chi connectivity index (χ4v) is 6.44. The number of aliphatic imine (C=N–C) groups is 1. The zero-order valence-electron chi connectivity index (χ0n) is 16.0. The molecule has 0 spiro atoms. The molecule has 1 amide bonds. The van der Waals surface area contributed by atoms with E-state index in [2.05, 4.69) is 4.90 Å². The number of thioether (sulfide) groups is 1. The number of fused-ring (bicyclic) bond motifs is 1. The molecule has 0 bridgehead atoms. The van der Waals surface area contributed by atoms with Crippen LogP contribution >= 0.6 is 11.8 Å². The number of benzene rings is 1. The van der Waals surface area contributed by atoms with Crippen molar-refractivity contribution in [2.24, 2.45) is 22.6 Å². The second-order valence-corrected chi connectivity index (χ2v) is 9.41. The number of carbonyl (C=O) groups excluding carboxylic acids is 1. The lowest BCUT2D eigenvalue weighted by Crippen LogP contribution is -2.59. The molecular formula is C21H29N3O3S. The molecule has 1 heterocycles. The van der Waals surface area contributed by atoms with Crippen molar-refractivity contribution in [2.45, 2.75) is 62.0 Å². The van der Waals surface area contributed by atoms with Crippen LogP contribution in [0.5, 0.6) is 0 Å². The fourth-order valence-electron chi connectivity index (χ4n) is 4.85. The van der Waals surface area contributed by atoms with Gasteiger partial charge in [0.2, 0.25) is 5.91 Å². The molecule has 4 rings (SSSR count). The third-order valence-corrected chi connectivity index (χ3v) is 7.76. The Balaban J connectivity index is 1.67. The van der Waals surface area contributed by atoms with Gasteiger partial charge in [0.05, 0.1) is 23.8 Å². The minimum Gasteiger partial charge on any atom is -0.390 e. The number of nitrogens with zero attached hydrogens (tertiary/aromatic N) is 2. The summed E-state index contributed by atoms with van der Waals surface area (Å²) in [5.41, 5.74) is 6.51. The molecule has 28 heavy (non-hydrogen) atoms. The Bertz CT molecular complexity index is 723. The lowest BCUT2D eigenvalue weighted by molar-refractivity contribution is -0.128. The summed E-state index contributed by atoms with van der Waals surface area (Å²) in [5, 5.41) is 21.9. The minimum atomic E-state index is -0.940. The molecule has 4 N–H and O–H groups in total. The first-order chi connectivity index (χ1) is 13.5. The summed E-state index contributed by atoms with van der Waals surface area (Å²) in [6.45, 7) is 0.801. The summed E-state index contributed by atoms with van der Waals surface area (Å²) in [7, 11) is 0. The van der Waals surface area contributed by atoms with Gasteiger partial charge in [-0.3, -0.25) is 4.79 Å². The largest absolute Gasteiger partial charge is 0.390 e. The van der Waals surface area contributed by atoms with Crippen LogP contribution in [0.1, 0.15) is 38.5 Å². The molecule has 6 nitrogen and oxygen atoms in total. The third-order valence-electron chi connectivity index (χ3n) is 6.35. The molecule has 7 heteroatoms. The molecular weight excluding hydrogens is 374 g/mol. The first-order valence-electron chi connectivity index (χ1n) is 10.3. The average Bonchev–Trinajstić information content (AvgIpc) is 3.04. The van der Waals surface area contributed by atoms with Crippen molar-refractivity contribution in [1.29, 1.82) is 0 Å². The molecule has 3 aliphatic rings. The van der Waals surface area contributed by atoms with Crippen molar-refractivity contribution < 1.29 is 15.0 Å². The van der Waals surface area contributed by atoms with Crippen LogP contribution in [-0.4, -0.2) is 56.2 Å². The third kappa shape index (κ3) is 3.93. The highest BCUT2D eigenvalue weighted by Gasteiger charge is 2.54. The number of aliphatic hydroxyl groups excluding tert-OH is 2. The maximum atomic E-state index is 12.1. The fraction of sp³-hybridized carbons (Fsp3) is 0.619. The van der Waals surface area contributed by atoms with Crippen LogP contribution in [0.15, 0.2) is 35.3 Å². The number of para-hydroxylation sites is 1. The minimum absolute atomic E-state index is 0.179.